The van der Waals surface area contributed by atoms with Crippen LogP contribution in [0.5, 0.6) is 0 Å². The van der Waals surface area contributed by atoms with Crippen molar-refractivity contribution in [1.29, 1.82) is 0 Å². The van der Waals surface area contributed by atoms with E-state index >= 15 is 0 Å². The molecular weight excluding hydrogens is 388 g/mol. The lowest BCUT2D eigenvalue weighted by Crippen LogP contribution is -2.48. The van der Waals surface area contributed by atoms with Gasteiger partial charge in [0.2, 0.25) is 11.9 Å². The number of rotatable bonds is 5. The number of nitrogens with one attached hydrogen (secondary N) is 1. The molecule has 0 spiro atoms. The van der Waals surface area contributed by atoms with Gasteiger partial charge in [-0.3, -0.25) is 4.79 Å². The molecule has 1 amide bonds. The average molecular weight is 419 g/mol. The number of fused-ring (bicyclic) bond motifs is 1. The Labute approximate surface area is 183 Å². The van der Waals surface area contributed by atoms with Gasteiger partial charge >= 0.3 is 0 Å². The van der Waals surface area contributed by atoms with Crippen LogP contribution in [0.15, 0.2) is 36.5 Å². The number of hydrogen-bond donors (Lipinski definition) is 1. The Kier molecular flexibility index (Phi) is 6.02. The number of pyridine rings is 1. The van der Waals surface area contributed by atoms with E-state index in [0.717, 1.165) is 66.3 Å². The number of nitrogens with zero attached hydrogens (tertiary/aromatic N) is 5. The molecule has 4 rings (SSSR count). The summed E-state index contributed by atoms with van der Waals surface area (Å²) in [5.74, 6) is 1.24. The minimum atomic E-state index is 0.149. The molecule has 1 aliphatic rings. The number of aromatic nitrogens is 3. The largest absolute Gasteiger partial charge is 0.368 e. The lowest BCUT2D eigenvalue weighted by molar-refractivity contribution is -0.129. The van der Waals surface area contributed by atoms with Gasteiger partial charge in [0, 0.05) is 61.8 Å². The van der Waals surface area contributed by atoms with Crippen molar-refractivity contribution in [2.75, 3.05) is 36.4 Å². The minimum absolute atomic E-state index is 0.149. The van der Waals surface area contributed by atoms with Crippen LogP contribution in [0.3, 0.4) is 0 Å². The molecule has 3 heterocycles. The van der Waals surface area contributed by atoms with Crippen LogP contribution in [0.25, 0.3) is 11.0 Å². The van der Waals surface area contributed by atoms with Gasteiger partial charge in [0.25, 0.3) is 0 Å². The van der Waals surface area contributed by atoms with Crippen LogP contribution < -0.4 is 10.2 Å². The van der Waals surface area contributed by atoms with E-state index in [0.29, 0.717) is 11.9 Å². The van der Waals surface area contributed by atoms with Crippen LogP contribution in [0.2, 0.25) is 0 Å². The van der Waals surface area contributed by atoms with Crippen LogP contribution in [0.4, 0.5) is 17.3 Å². The normalized spacial score (nSPS) is 14.4. The summed E-state index contributed by atoms with van der Waals surface area (Å²) in [5, 5.41) is 4.28. The predicted octanol–water partition coefficient (Wildman–Crippen LogP) is 3.94. The summed E-state index contributed by atoms with van der Waals surface area (Å²) >= 11 is 0. The van der Waals surface area contributed by atoms with Crippen molar-refractivity contribution in [2.24, 2.45) is 5.92 Å². The monoisotopic (exact) mass is 418 g/mol. The third-order valence-corrected chi connectivity index (χ3v) is 5.66. The topological polar surface area (TPSA) is 74.2 Å². The number of aryl methyl sites for hydroxylation is 1. The second kappa shape index (κ2) is 8.88. The van der Waals surface area contributed by atoms with E-state index in [4.69, 9.17) is 4.98 Å². The molecule has 1 saturated heterocycles. The molecule has 0 radical (unpaired) electrons. The Morgan fingerprint density at radius 3 is 2.45 bits per heavy atom. The molecule has 1 N–H and O–H groups in total. The van der Waals surface area contributed by atoms with Crippen molar-refractivity contribution in [2.45, 2.75) is 34.1 Å². The van der Waals surface area contributed by atoms with E-state index in [9.17, 15) is 4.79 Å². The molecule has 1 aromatic carbocycles. The summed E-state index contributed by atoms with van der Waals surface area (Å²) in [6.45, 7) is 11.3. The van der Waals surface area contributed by atoms with E-state index in [1.54, 1.807) is 6.92 Å². The molecule has 1 fully saturated rings. The smallest absolute Gasteiger partial charge is 0.229 e. The maximum absolute atomic E-state index is 11.5. The third-order valence-electron chi connectivity index (χ3n) is 5.66. The number of piperazine rings is 1. The second-order valence-corrected chi connectivity index (χ2v) is 8.62. The molecule has 7 heteroatoms. The first-order valence-electron chi connectivity index (χ1n) is 10.9. The first-order valence-corrected chi connectivity index (χ1v) is 10.9. The molecule has 3 aromatic rings. The van der Waals surface area contributed by atoms with Gasteiger partial charge in [-0.2, -0.15) is 4.98 Å². The zero-order valence-corrected chi connectivity index (χ0v) is 18.7. The van der Waals surface area contributed by atoms with Gasteiger partial charge < -0.3 is 15.1 Å². The SMILES string of the molecule is CC(=O)N1CCN(c2ccc(Nc3ncc4c(C)cc(CC(C)C)nc4n3)cc2)CC1. The minimum Gasteiger partial charge on any atom is -0.368 e. The van der Waals surface area contributed by atoms with Gasteiger partial charge in [0.1, 0.15) is 0 Å². The van der Waals surface area contributed by atoms with Gasteiger partial charge in [-0.15, -0.1) is 0 Å². The van der Waals surface area contributed by atoms with Gasteiger partial charge in [0.05, 0.1) is 0 Å². The number of carbonyl (C=O) groups excluding carboxylic acids is 1. The fourth-order valence-electron chi connectivity index (χ4n) is 3.98. The van der Waals surface area contributed by atoms with Gasteiger partial charge in [-0.25, -0.2) is 9.97 Å². The molecule has 2 aromatic heterocycles. The second-order valence-electron chi connectivity index (χ2n) is 8.62. The first kappa shape index (κ1) is 21.0. The highest BCUT2D eigenvalue weighted by Crippen LogP contribution is 2.23. The van der Waals surface area contributed by atoms with Crippen molar-refractivity contribution in [1.82, 2.24) is 19.9 Å². The van der Waals surface area contributed by atoms with E-state index in [1.165, 1.54) is 0 Å². The van der Waals surface area contributed by atoms with Crippen molar-refractivity contribution >= 4 is 34.3 Å². The Balaban J connectivity index is 1.47. The Hall–Kier alpha value is -3.22. The molecule has 0 unspecified atom stereocenters. The number of anilines is 3. The van der Waals surface area contributed by atoms with Crippen LogP contribution >= 0.6 is 0 Å². The van der Waals surface area contributed by atoms with E-state index in [2.05, 4.69) is 59.2 Å². The molecule has 1 aliphatic heterocycles. The Morgan fingerprint density at radius 1 is 1.10 bits per heavy atom. The summed E-state index contributed by atoms with van der Waals surface area (Å²) in [6, 6.07) is 10.4. The Morgan fingerprint density at radius 2 is 1.81 bits per heavy atom. The molecule has 162 valence electrons. The molecule has 31 heavy (non-hydrogen) atoms. The molecule has 0 bridgehead atoms. The molecular formula is C24H30N6O. The zero-order chi connectivity index (χ0) is 22.0. The molecule has 0 atom stereocenters. The highest BCUT2D eigenvalue weighted by Gasteiger charge is 2.18. The fraction of sp³-hybridized carbons (Fsp3) is 0.417. The fourth-order valence-corrected chi connectivity index (χ4v) is 3.98. The number of amides is 1. The van der Waals surface area contributed by atoms with Gasteiger partial charge in [-0.05, 0) is 55.2 Å². The molecule has 7 nitrogen and oxygen atoms in total. The highest BCUT2D eigenvalue weighted by atomic mass is 16.2. The average Bonchev–Trinajstić information content (AvgIpc) is 2.74. The number of benzene rings is 1. The van der Waals surface area contributed by atoms with Crippen molar-refractivity contribution in [3.63, 3.8) is 0 Å². The maximum Gasteiger partial charge on any atom is 0.229 e. The van der Waals surface area contributed by atoms with Crippen LogP contribution in [-0.2, 0) is 11.2 Å². The first-order chi connectivity index (χ1) is 14.9. The van der Waals surface area contributed by atoms with E-state index < -0.39 is 0 Å². The highest BCUT2D eigenvalue weighted by molar-refractivity contribution is 5.79. The predicted molar refractivity (Wildman–Crippen MR) is 125 cm³/mol. The quantitative estimate of drug-likeness (QED) is 0.676. The lowest BCUT2D eigenvalue weighted by Gasteiger charge is -2.35. The molecule has 0 aliphatic carbocycles. The summed E-state index contributed by atoms with van der Waals surface area (Å²) in [7, 11) is 0. The summed E-state index contributed by atoms with van der Waals surface area (Å²) in [6.07, 6.45) is 2.78. The number of hydrogen-bond acceptors (Lipinski definition) is 6. The van der Waals surface area contributed by atoms with Crippen molar-refractivity contribution in [3.05, 3.63) is 47.8 Å². The van der Waals surface area contributed by atoms with Crippen LogP contribution in [0.1, 0.15) is 32.0 Å². The van der Waals surface area contributed by atoms with Crippen molar-refractivity contribution in [3.8, 4) is 0 Å². The maximum atomic E-state index is 11.5. The van der Waals surface area contributed by atoms with Gasteiger partial charge in [-0.1, -0.05) is 13.8 Å². The summed E-state index contributed by atoms with van der Waals surface area (Å²) < 4.78 is 0. The standard InChI is InChI=1S/C24H30N6O/c1-16(2)13-20-14-17(3)22-15-25-24(28-23(22)26-20)27-19-5-7-21(8-6-19)30-11-9-29(10-12-30)18(4)31/h5-8,14-16H,9-13H2,1-4H3,(H,25,26,27,28). The zero-order valence-electron chi connectivity index (χ0n) is 18.7. The summed E-state index contributed by atoms with van der Waals surface area (Å²) in [5.41, 5.74) is 5.04. The third kappa shape index (κ3) is 4.93. The Bertz CT molecular complexity index is 1070. The van der Waals surface area contributed by atoms with Crippen LogP contribution in [0, 0.1) is 12.8 Å². The van der Waals surface area contributed by atoms with Gasteiger partial charge in [0.15, 0.2) is 5.65 Å². The van der Waals surface area contributed by atoms with Crippen LogP contribution in [-0.4, -0.2) is 51.9 Å². The lowest BCUT2D eigenvalue weighted by atomic mass is 10.1. The van der Waals surface area contributed by atoms with E-state index in [1.807, 2.05) is 23.2 Å². The molecule has 0 saturated carbocycles. The number of carbonyl (C=O) groups is 1. The van der Waals surface area contributed by atoms with Crippen molar-refractivity contribution < 1.29 is 4.79 Å². The van der Waals surface area contributed by atoms with E-state index in [-0.39, 0.29) is 5.91 Å². The summed E-state index contributed by atoms with van der Waals surface area (Å²) in [4.78, 5) is 29.6.